The van der Waals surface area contributed by atoms with E-state index < -0.39 is 0 Å². The number of hydrogen-bond acceptors (Lipinski definition) is 8. The van der Waals surface area contributed by atoms with Crippen LogP contribution in [0.1, 0.15) is 25.7 Å². The molecule has 24 heavy (non-hydrogen) atoms. The van der Waals surface area contributed by atoms with Crippen molar-refractivity contribution in [3.63, 3.8) is 0 Å². The van der Waals surface area contributed by atoms with Gasteiger partial charge in [-0.15, -0.1) is 20.4 Å². The fraction of sp³-hybridized carbons (Fsp3) is 0.333. The lowest BCUT2D eigenvalue weighted by Gasteiger charge is -1.97. The maximum atomic E-state index is 5.88. The molecule has 1 aromatic carbocycles. The van der Waals surface area contributed by atoms with E-state index in [0.717, 1.165) is 34.4 Å². The normalized spacial score (nSPS) is 10.9. The van der Waals surface area contributed by atoms with Crippen LogP contribution in [0, 0.1) is 0 Å². The van der Waals surface area contributed by atoms with Gasteiger partial charge in [0.25, 0.3) is 0 Å². The standard InChI is InChI=1S/C15H16ClN5OS2/c1-2-3-8-17-14-20-21-15(24-14)23-9-12-18-19-13(22-12)10-4-6-11(16)7-5-10/h4-7H,2-3,8-9H2,1H3,(H,17,20). The summed E-state index contributed by atoms with van der Waals surface area (Å²) >= 11 is 8.94. The van der Waals surface area contributed by atoms with Crippen LogP contribution in [-0.4, -0.2) is 26.9 Å². The van der Waals surface area contributed by atoms with Crippen LogP contribution in [-0.2, 0) is 5.75 Å². The van der Waals surface area contributed by atoms with Gasteiger partial charge in [-0.2, -0.15) is 0 Å². The highest BCUT2D eigenvalue weighted by atomic mass is 35.5. The lowest BCUT2D eigenvalue weighted by Crippen LogP contribution is -1.99. The zero-order chi connectivity index (χ0) is 16.8. The lowest BCUT2D eigenvalue weighted by atomic mass is 10.2. The van der Waals surface area contributed by atoms with E-state index in [1.54, 1.807) is 12.1 Å². The smallest absolute Gasteiger partial charge is 0.247 e. The predicted molar refractivity (Wildman–Crippen MR) is 97.6 cm³/mol. The van der Waals surface area contributed by atoms with Gasteiger partial charge in [-0.1, -0.05) is 48.0 Å². The maximum absolute atomic E-state index is 5.88. The number of nitrogens with one attached hydrogen (secondary N) is 1. The molecule has 126 valence electrons. The minimum absolute atomic E-state index is 0.487. The van der Waals surface area contributed by atoms with E-state index in [9.17, 15) is 0 Å². The number of thioether (sulfide) groups is 1. The van der Waals surface area contributed by atoms with Crippen molar-refractivity contribution < 1.29 is 4.42 Å². The van der Waals surface area contributed by atoms with E-state index in [2.05, 4.69) is 32.6 Å². The Labute approximate surface area is 153 Å². The fourth-order valence-electron chi connectivity index (χ4n) is 1.86. The molecule has 6 nitrogen and oxygen atoms in total. The first kappa shape index (κ1) is 17.2. The molecule has 2 heterocycles. The second kappa shape index (κ2) is 8.46. The van der Waals surface area contributed by atoms with Gasteiger partial charge in [0.1, 0.15) is 0 Å². The van der Waals surface area contributed by atoms with Gasteiger partial charge < -0.3 is 9.73 Å². The highest BCUT2D eigenvalue weighted by molar-refractivity contribution is 8.00. The molecule has 0 saturated carbocycles. The molecule has 0 spiro atoms. The first-order valence-corrected chi connectivity index (χ1v) is 9.71. The number of anilines is 1. The molecule has 0 saturated heterocycles. The summed E-state index contributed by atoms with van der Waals surface area (Å²) in [4.78, 5) is 0. The van der Waals surface area contributed by atoms with Crippen molar-refractivity contribution in [2.24, 2.45) is 0 Å². The van der Waals surface area contributed by atoms with Crippen LogP contribution in [0.3, 0.4) is 0 Å². The number of benzene rings is 1. The molecule has 0 atom stereocenters. The molecule has 3 aromatic rings. The van der Waals surface area contributed by atoms with Gasteiger partial charge in [0.15, 0.2) is 4.34 Å². The summed E-state index contributed by atoms with van der Waals surface area (Å²) in [6, 6.07) is 7.30. The first-order chi connectivity index (χ1) is 11.7. The molecule has 0 unspecified atom stereocenters. The average Bonchev–Trinajstić information content (AvgIpc) is 3.23. The molecule has 0 aliphatic carbocycles. The number of aromatic nitrogens is 4. The Morgan fingerprint density at radius 3 is 2.79 bits per heavy atom. The SMILES string of the molecule is CCCCNc1nnc(SCc2nnc(-c3ccc(Cl)cc3)o2)s1. The maximum Gasteiger partial charge on any atom is 0.247 e. The van der Waals surface area contributed by atoms with E-state index in [1.165, 1.54) is 23.1 Å². The van der Waals surface area contributed by atoms with Crippen LogP contribution >= 0.6 is 34.7 Å². The summed E-state index contributed by atoms with van der Waals surface area (Å²) in [5, 5.41) is 21.2. The zero-order valence-corrected chi connectivity index (χ0v) is 15.4. The monoisotopic (exact) mass is 381 g/mol. The van der Waals surface area contributed by atoms with Gasteiger partial charge in [0, 0.05) is 17.1 Å². The Hall–Kier alpha value is -1.64. The quantitative estimate of drug-likeness (QED) is 0.445. The Morgan fingerprint density at radius 1 is 1.17 bits per heavy atom. The molecular formula is C15H16ClN5OS2. The molecule has 0 fully saturated rings. The van der Waals surface area contributed by atoms with Crippen molar-refractivity contribution in [2.45, 2.75) is 29.9 Å². The van der Waals surface area contributed by atoms with E-state index in [-0.39, 0.29) is 0 Å². The van der Waals surface area contributed by atoms with E-state index in [0.29, 0.717) is 22.6 Å². The number of halogens is 1. The number of rotatable bonds is 8. The third kappa shape index (κ3) is 4.68. The summed E-state index contributed by atoms with van der Waals surface area (Å²) in [5.74, 6) is 1.60. The zero-order valence-electron chi connectivity index (χ0n) is 13.0. The summed E-state index contributed by atoms with van der Waals surface area (Å²) in [6.45, 7) is 3.08. The summed E-state index contributed by atoms with van der Waals surface area (Å²) in [6.07, 6.45) is 2.28. The minimum Gasteiger partial charge on any atom is -0.420 e. The van der Waals surface area contributed by atoms with Crippen LogP contribution < -0.4 is 5.32 Å². The van der Waals surface area contributed by atoms with E-state index in [1.807, 2.05) is 12.1 Å². The Balaban J connectivity index is 1.54. The first-order valence-electron chi connectivity index (χ1n) is 7.53. The van der Waals surface area contributed by atoms with Crippen LogP contribution in [0.4, 0.5) is 5.13 Å². The van der Waals surface area contributed by atoms with E-state index >= 15 is 0 Å². The van der Waals surface area contributed by atoms with Crippen LogP contribution in [0.2, 0.25) is 5.02 Å². The number of nitrogens with zero attached hydrogens (tertiary/aromatic N) is 4. The Morgan fingerprint density at radius 2 is 2.00 bits per heavy atom. The summed E-state index contributed by atoms with van der Waals surface area (Å²) in [7, 11) is 0. The second-order valence-corrected chi connectivity index (χ2v) is 7.59. The van der Waals surface area contributed by atoms with Gasteiger partial charge in [-0.05, 0) is 30.7 Å². The second-order valence-electron chi connectivity index (χ2n) is 4.95. The van der Waals surface area contributed by atoms with Gasteiger partial charge in [-0.3, -0.25) is 0 Å². The Bertz CT molecular complexity index is 774. The molecule has 0 bridgehead atoms. The van der Waals surface area contributed by atoms with Crippen molar-refractivity contribution >= 4 is 39.8 Å². The predicted octanol–water partition coefficient (Wildman–Crippen LogP) is 4.75. The molecule has 3 rings (SSSR count). The van der Waals surface area contributed by atoms with Crippen molar-refractivity contribution in [3.05, 3.63) is 35.2 Å². The third-order valence-corrected chi connectivity index (χ3v) is 5.34. The third-order valence-electron chi connectivity index (χ3n) is 3.09. The molecule has 0 aliphatic heterocycles. The van der Waals surface area contributed by atoms with Crippen LogP contribution in [0.5, 0.6) is 0 Å². The van der Waals surface area contributed by atoms with Crippen molar-refractivity contribution in [1.29, 1.82) is 0 Å². The van der Waals surface area contributed by atoms with Gasteiger partial charge >= 0.3 is 0 Å². The molecular weight excluding hydrogens is 366 g/mol. The summed E-state index contributed by atoms with van der Waals surface area (Å²) < 4.78 is 6.55. The molecule has 0 amide bonds. The van der Waals surface area contributed by atoms with Gasteiger partial charge in [0.05, 0.1) is 5.75 Å². The molecule has 9 heteroatoms. The minimum atomic E-state index is 0.487. The highest BCUT2D eigenvalue weighted by Gasteiger charge is 2.11. The Kier molecular flexibility index (Phi) is 6.06. The average molecular weight is 382 g/mol. The molecule has 0 aliphatic rings. The molecule has 0 radical (unpaired) electrons. The van der Waals surface area contributed by atoms with Gasteiger partial charge in [0.2, 0.25) is 16.9 Å². The largest absolute Gasteiger partial charge is 0.420 e. The number of hydrogen-bond donors (Lipinski definition) is 1. The van der Waals surface area contributed by atoms with E-state index in [4.69, 9.17) is 16.0 Å². The number of unbranched alkanes of at least 4 members (excludes halogenated alkanes) is 1. The van der Waals surface area contributed by atoms with Gasteiger partial charge in [-0.25, -0.2) is 0 Å². The van der Waals surface area contributed by atoms with Crippen LogP contribution in [0.25, 0.3) is 11.5 Å². The van der Waals surface area contributed by atoms with Crippen LogP contribution in [0.15, 0.2) is 33.0 Å². The summed E-state index contributed by atoms with van der Waals surface area (Å²) in [5.41, 5.74) is 0.849. The van der Waals surface area contributed by atoms with Crippen molar-refractivity contribution in [3.8, 4) is 11.5 Å². The van der Waals surface area contributed by atoms with Crippen molar-refractivity contribution in [1.82, 2.24) is 20.4 Å². The highest BCUT2D eigenvalue weighted by Crippen LogP contribution is 2.29. The van der Waals surface area contributed by atoms with Crippen molar-refractivity contribution in [2.75, 3.05) is 11.9 Å². The topological polar surface area (TPSA) is 76.7 Å². The fourth-order valence-corrected chi connectivity index (χ4v) is 3.60. The lowest BCUT2D eigenvalue weighted by molar-refractivity contribution is 0.528. The molecule has 2 aromatic heterocycles. The molecule has 1 N–H and O–H groups in total.